The highest BCUT2D eigenvalue weighted by molar-refractivity contribution is 6.62. The summed E-state index contributed by atoms with van der Waals surface area (Å²) in [6.45, 7) is 0.0572. The van der Waals surface area contributed by atoms with E-state index in [9.17, 15) is 23.3 Å². The van der Waals surface area contributed by atoms with Crippen molar-refractivity contribution in [3.05, 3.63) is 23.3 Å². The van der Waals surface area contributed by atoms with Crippen LogP contribution in [-0.4, -0.2) is 23.4 Å². The lowest BCUT2D eigenvalue weighted by Crippen LogP contribution is -2.33. The number of hydrogen-bond acceptors (Lipinski definition) is 3. The zero-order valence-electron chi connectivity index (χ0n) is 8.08. The molecule has 0 unspecified atom stereocenters. The van der Waals surface area contributed by atoms with Crippen molar-refractivity contribution in [1.82, 2.24) is 0 Å². The molecule has 0 bridgehead atoms. The summed E-state index contributed by atoms with van der Waals surface area (Å²) in [4.78, 5) is 0. The molecule has 0 spiro atoms. The summed E-state index contributed by atoms with van der Waals surface area (Å²) in [6.07, 6.45) is -5.71. The molecule has 0 aromatic heterocycles. The van der Waals surface area contributed by atoms with E-state index >= 15 is 0 Å². The topological polar surface area (TPSA) is 49.7 Å². The van der Waals surface area contributed by atoms with Crippen molar-refractivity contribution < 1.29 is 28.0 Å². The normalized spacial score (nSPS) is 15.4. The number of hydrogen-bond donors (Lipinski definition) is 2. The first-order chi connectivity index (χ1) is 7.38. The summed E-state index contributed by atoms with van der Waals surface area (Å²) in [5, 5.41) is 18.8. The monoisotopic (exact) mass is 232 g/mol. The first-order valence-electron chi connectivity index (χ1n) is 4.58. The second-order valence-corrected chi connectivity index (χ2v) is 3.59. The highest BCUT2D eigenvalue weighted by Gasteiger charge is 2.37. The average molecular weight is 232 g/mol. The Morgan fingerprint density at radius 1 is 1.38 bits per heavy atom. The third-order valence-electron chi connectivity index (χ3n) is 2.44. The van der Waals surface area contributed by atoms with Crippen LogP contribution in [0.1, 0.15) is 11.1 Å². The quantitative estimate of drug-likeness (QED) is 0.701. The molecule has 7 heteroatoms. The van der Waals surface area contributed by atoms with Gasteiger partial charge in [-0.3, -0.25) is 0 Å². The van der Waals surface area contributed by atoms with Crippen molar-refractivity contribution in [1.29, 1.82) is 0 Å². The van der Waals surface area contributed by atoms with Crippen LogP contribution in [0.3, 0.4) is 0 Å². The molecule has 1 aromatic carbocycles. The van der Waals surface area contributed by atoms with Crippen LogP contribution < -0.4 is 5.46 Å². The molecule has 0 saturated heterocycles. The maximum atomic E-state index is 12.3. The lowest BCUT2D eigenvalue weighted by Gasteiger charge is -2.12. The van der Waals surface area contributed by atoms with Crippen molar-refractivity contribution in [3.8, 4) is 5.75 Å². The molecule has 3 nitrogen and oxygen atoms in total. The van der Waals surface area contributed by atoms with Crippen LogP contribution >= 0.6 is 0 Å². The summed E-state index contributed by atoms with van der Waals surface area (Å²) >= 11 is 0. The van der Waals surface area contributed by atoms with Gasteiger partial charge in [-0.2, -0.15) is 13.2 Å². The Kier molecular flexibility index (Phi) is 2.59. The van der Waals surface area contributed by atoms with Crippen LogP contribution in [0, 0.1) is 0 Å². The van der Waals surface area contributed by atoms with Gasteiger partial charge in [0.2, 0.25) is 0 Å². The summed E-state index contributed by atoms with van der Waals surface area (Å²) in [6, 6.07) is 2.63. The summed E-state index contributed by atoms with van der Waals surface area (Å²) in [5.74, 6) is -0.472. The molecule has 1 aromatic rings. The van der Waals surface area contributed by atoms with Crippen LogP contribution in [0.2, 0.25) is 0 Å². The molecule has 0 amide bonds. The lowest BCUT2D eigenvalue weighted by molar-refractivity contribution is -0.127. The van der Waals surface area contributed by atoms with E-state index in [2.05, 4.69) is 0 Å². The minimum Gasteiger partial charge on any atom is -0.508 e. The van der Waals surface area contributed by atoms with Gasteiger partial charge in [-0.05, 0) is 17.1 Å². The van der Waals surface area contributed by atoms with E-state index in [1.807, 2.05) is 0 Å². The van der Waals surface area contributed by atoms with Gasteiger partial charge in [0.05, 0.1) is 13.0 Å². The van der Waals surface area contributed by atoms with Crippen LogP contribution in [0.15, 0.2) is 12.1 Å². The molecule has 0 aliphatic carbocycles. The van der Waals surface area contributed by atoms with Crippen LogP contribution in [0.4, 0.5) is 13.2 Å². The van der Waals surface area contributed by atoms with Gasteiger partial charge in [-0.1, -0.05) is 6.07 Å². The molecule has 2 N–H and O–H groups in total. The van der Waals surface area contributed by atoms with E-state index < -0.39 is 25.5 Å². The van der Waals surface area contributed by atoms with E-state index in [0.29, 0.717) is 5.56 Å². The highest BCUT2D eigenvalue weighted by atomic mass is 19.4. The number of rotatable bonds is 1. The fraction of sp³-hybridized carbons (Fsp3) is 0.333. The summed E-state index contributed by atoms with van der Waals surface area (Å²) in [5.41, 5.74) is 0.205. The van der Waals surface area contributed by atoms with Gasteiger partial charge < -0.3 is 14.8 Å². The summed E-state index contributed by atoms with van der Waals surface area (Å²) < 4.78 is 41.7. The fourth-order valence-electron chi connectivity index (χ4n) is 1.77. The van der Waals surface area contributed by atoms with Gasteiger partial charge >= 0.3 is 13.3 Å². The molecule has 0 saturated carbocycles. The Morgan fingerprint density at radius 2 is 2.06 bits per heavy atom. The largest absolute Gasteiger partial charge is 0.508 e. The van der Waals surface area contributed by atoms with E-state index in [4.69, 9.17) is 4.65 Å². The first kappa shape index (κ1) is 11.3. The predicted molar refractivity (Wildman–Crippen MR) is 50.3 cm³/mol. The van der Waals surface area contributed by atoms with Crippen LogP contribution in [0.25, 0.3) is 0 Å². The minimum absolute atomic E-state index is 0.0392. The molecule has 0 atom stereocenters. The number of phenolic OH excluding ortho intramolecular Hbond substituents is 1. The van der Waals surface area contributed by atoms with Gasteiger partial charge in [-0.15, -0.1) is 0 Å². The van der Waals surface area contributed by atoms with Crippen LogP contribution in [0.5, 0.6) is 5.75 Å². The second-order valence-electron chi connectivity index (χ2n) is 3.59. The number of phenols is 1. The lowest BCUT2D eigenvalue weighted by atomic mass is 9.75. The third-order valence-corrected chi connectivity index (χ3v) is 2.44. The van der Waals surface area contributed by atoms with Crippen molar-refractivity contribution in [2.75, 3.05) is 0 Å². The molecule has 1 aliphatic heterocycles. The number of halogens is 3. The summed E-state index contributed by atoms with van der Waals surface area (Å²) in [7, 11) is -1.39. The third kappa shape index (κ3) is 2.01. The number of benzene rings is 1. The first-order valence-corrected chi connectivity index (χ1v) is 4.58. The van der Waals surface area contributed by atoms with Crippen LogP contribution in [-0.2, 0) is 17.7 Å². The highest BCUT2D eigenvalue weighted by Crippen LogP contribution is 2.28. The molecule has 1 aliphatic rings. The van der Waals surface area contributed by atoms with E-state index in [0.717, 1.165) is 0 Å². The SMILES string of the molecule is OB1OCc2ccc(O)c(CC(F)(F)F)c21. The molecule has 2 rings (SSSR count). The van der Waals surface area contributed by atoms with Gasteiger partial charge in [0.25, 0.3) is 0 Å². The molecule has 0 fully saturated rings. The van der Waals surface area contributed by atoms with Gasteiger partial charge in [0, 0.05) is 5.56 Å². The molecule has 0 radical (unpaired) electrons. The fourth-order valence-corrected chi connectivity index (χ4v) is 1.77. The van der Waals surface area contributed by atoms with E-state index in [1.165, 1.54) is 12.1 Å². The minimum atomic E-state index is -4.44. The predicted octanol–water partition coefficient (Wildman–Crippen LogP) is 0.715. The Hall–Kier alpha value is -1.21. The van der Waals surface area contributed by atoms with Gasteiger partial charge in [0.15, 0.2) is 0 Å². The zero-order chi connectivity index (χ0) is 11.9. The molecule has 86 valence electrons. The number of aromatic hydroxyl groups is 1. The maximum Gasteiger partial charge on any atom is 0.492 e. The average Bonchev–Trinajstić information content (AvgIpc) is 2.51. The van der Waals surface area contributed by atoms with Gasteiger partial charge in [0.1, 0.15) is 5.75 Å². The Labute approximate surface area is 89.6 Å². The second kappa shape index (κ2) is 3.67. The van der Waals surface area contributed by atoms with E-state index in [1.54, 1.807) is 0 Å². The Bertz CT molecular complexity index is 419. The molecule has 16 heavy (non-hydrogen) atoms. The standard InChI is InChI=1S/C9H8BF3O3/c11-9(12,13)3-6-7(14)2-1-5-4-16-10(15)8(5)6/h1-2,14-15H,3-4H2. The van der Waals surface area contributed by atoms with Crippen molar-refractivity contribution >= 4 is 12.6 Å². The molecular formula is C9H8BF3O3. The smallest absolute Gasteiger partial charge is 0.492 e. The molecular weight excluding hydrogens is 224 g/mol. The number of fused-ring (bicyclic) bond motifs is 1. The molecule has 1 heterocycles. The zero-order valence-corrected chi connectivity index (χ0v) is 8.08. The Morgan fingerprint density at radius 3 is 2.69 bits per heavy atom. The van der Waals surface area contributed by atoms with Crippen molar-refractivity contribution in [2.24, 2.45) is 0 Å². The maximum absolute atomic E-state index is 12.3. The van der Waals surface area contributed by atoms with Crippen molar-refractivity contribution in [2.45, 2.75) is 19.2 Å². The van der Waals surface area contributed by atoms with Gasteiger partial charge in [-0.25, -0.2) is 0 Å². The Balaban J connectivity index is 2.47. The number of alkyl halides is 3. The van der Waals surface area contributed by atoms with Crippen molar-refractivity contribution in [3.63, 3.8) is 0 Å². The van der Waals surface area contributed by atoms with E-state index in [-0.39, 0.29) is 17.6 Å².